The zero-order valence-corrected chi connectivity index (χ0v) is 7.63. The van der Waals surface area contributed by atoms with Gasteiger partial charge >= 0.3 is 0 Å². The molecule has 0 atom stereocenters. The number of hydrogen-bond acceptors (Lipinski definition) is 2. The molecule has 0 aliphatic heterocycles. The van der Waals surface area contributed by atoms with Crippen LogP contribution >= 0.6 is 34.8 Å². The largest absolute Gasteiger partial charge is 0.396 e. The van der Waals surface area contributed by atoms with Crippen LogP contribution in [-0.4, -0.2) is 0 Å². The molecule has 1 aromatic rings. The van der Waals surface area contributed by atoms with Gasteiger partial charge in [-0.1, -0.05) is 34.8 Å². The van der Waals surface area contributed by atoms with Gasteiger partial charge in [0.15, 0.2) is 0 Å². The first kappa shape index (κ1) is 8.78. The number of rotatable bonds is 0. The maximum absolute atomic E-state index is 5.67. The van der Waals surface area contributed by atoms with Gasteiger partial charge in [-0.2, -0.15) is 0 Å². The summed E-state index contributed by atoms with van der Waals surface area (Å²) >= 11 is 17.0. The molecule has 0 unspecified atom stereocenters. The molecule has 0 radical (unpaired) electrons. The van der Waals surface area contributed by atoms with E-state index in [1.54, 1.807) is 0 Å². The lowest BCUT2D eigenvalue weighted by Crippen LogP contribution is -1.94. The molecule has 4 N–H and O–H groups in total. The first-order valence-corrected chi connectivity index (χ1v) is 3.86. The zero-order chi connectivity index (χ0) is 8.59. The van der Waals surface area contributed by atoms with Gasteiger partial charge in [0, 0.05) is 0 Å². The third-order valence-electron chi connectivity index (χ3n) is 1.24. The molecule has 0 aliphatic rings. The molecule has 0 saturated carbocycles. The molecule has 1 rings (SSSR count). The molecule has 2 nitrogen and oxygen atoms in total. The van der Waals surface area contributed by atoms with Gasteiger partial charge in [-0.15, -0.1) is 0 Å². The Hall–Kier alpha value is -0.310. The Morgan fingerprint density at radius 1 is 0.909 bits per heavy atom. The minimum Gasteiger partial charge on any atom is -0.396 e. The van der Waals surface area contributed by atoms with Crippen molar-refractivity contribution in [2.75, 3.05) is 11.5 Å². The number of benzene rings is 1. The molecule has 0 aliphatic carbocycles. The van der Waals surface area contributed by atoms with Crippen LogP contribution < -0.4 is 11.5 Å². The van der Waals surface area contributed by atoms with Crippen LogP contribution in [0.3, 0.4) is 0 Å². The highest BCUT2D eigenvalue weighted by Gasteiger charge is 2.08. The summed E-state index contributed by atoms with van der Waals surface area (Å²) in [6.45, 7) is 0. The minimum absolute atomic E-state index is 0.211. The number of halogens is 3. The molecular formula is C6H5Cl3N2. The van der Waals surface area contributed by atoms with Crippen molar-refractivity contribution < 1.29 is 0 Å². The summed E-state index contributed by atoms with van der Waals surface area (Å²) in [5.74, 6) is 0. The predicted octanol–water partition coefficient (Wildman–Crippen LogP) is 2.81. The maximum atomic E-state index is 5.67. The molecule has 1 aromatic carbocycles. The third kappa shape index (κ3) is 1.48. The van der Waals surface area contributed by atoms with E-state index < -0.39 is 0 Å². The Morgan fingerprint density at radius 3 is 1.64 bits per heavy atom. The van der Waals surface area contributed by atoms with Gasteiger partial charge in [0.2, 0.25) is 0 Å². The third-order valence-corrected chi connectivity index (χ3v) is 2.27. The highest BCUT2D eigenvalue weighted by Crippen LogP contribution is 2.37. The van der Waals surface area contributed by atoms with Crippen molar-refractivity contribution in [1.29, 1.82) is 0 Å². The fourth-order valence-corrected chi connectivity index (χ4v) is 1.38. The Balaban J connectivity index is 3.46. The molecule has 0 bridgehead atoms. The first-order valence-electron chi connectivity index (χ1n) is 2.72. The van der Waals surface area contributed by atoms with Gasteiger partial charge < -0.3 is 11.5 Å². The summed E-state index contributed by atoms with van der Waals surface area (Å²) < 4.78 is 0. The zero-order valence-electron chi connectivity index (χ0n) is 5.37. The van der Waals surface area contributed by atoms with Crippen LogP contribution in [0.5, 0.6) is 0 Å². The minimum atomic E-state index is 0.211. The molecule has 0 aromatic heterocycles. The van der Waals surface area contributed by atoms with Crippen LogP contribution in [0.15, 0.2) is 6.07 Å². The summed E-state index contributed by atoms with van der Waals surface area (Å²) in [7, 11) is 0. The van der Waals surface area contributed by atoms with Crippen molar-refractivity contribution in [3.8, 4) is 0 Å². The van der Waals surface area contributed by atoms with Crippen LogP contribution in [0.25, 0.3) is 0 Å². The quantitative estimate of drug-likeness (QED) is 0.648. The predicted molar refractivity (Wildman–Crippen MR) is 50.3 cm³/mol. The van der Waals surface area contributed by atoms with Crippen LogP contribution in [0.4, 0.5) is 11.4 Å². The molecule has 60 valence electrons. The average Bonchev–Trinajstić information content (AvgIpc) is 1.97. The van der Waals surface area contributed by atoms with Crippen LogP contribution in [-0.2, 0) is 0 Å². The standard InChI is InChI=1S/C6H5Cl3N2/c7-2-1-3(8)6(11)4(9)5(2)10/h1H,10-11H2. The number of hydrogen-bond donors (Lipinski definition) is 2. The number of anilines is 2. The van der Waals surface area contributed by atoms with E-state index in [2.05, 4.69) is 0 Å². The van der Waals surface area contributed by atoms with E-state index in [0.717, 1.165) is 0 Å². The topological polar surface area (TPSA) is 52.0 Å². The number of nitrogen functional groups attached to an aromatic ring is 2. The number of nitrogens with two attached hydrogens (primary N) is 2. The van der Waals surface area contributed by atoms with Crippen molar-refractivity contribution >= 4 is 46.2 Å². The lowest BCUT2D eigenvalue weighted by molar-refractivity contribution is 1.66. The summed E-state index contributed by atoms with van der Waals surface area (Å²) in [6.07, 6.45) is 0. The highest BCUT2D eigenvalue weighted by atomic mass is 35.5. The van der Waals surface area contributed by atoms with Crippen molar-refractivity contribution in [1.82, 2.24) is 0 Å². The summed E-state index contributed by atoms with van der Waals surface area (Å²) in [5, 5.41) is 0.839. The van der Waals surface area contributed by atoms with E-state index in [4.69, 9.17) is 46.3 Å². The van der Waals surface area contributed by atoms with Gasteiger partial charge in [0.1, 0.15) is 0 Å². The van der Waals surface area contributed by atoms with E-state index >= 15 is 0 Å². The van der Waals surface area contributed by atoms with Gasteiger partial charge in [-0.25, -0.2) is 0 Å². The summed E-state index contributed by atoms with van der Waals surface area (Å²) in [6, 6.07) is 1.46. The second-order valence-electron chi connectivity index (χ2n) is 1.98. The lowest BCUT2D eigenvalue weighted by Gasteiger charge is -2.05. The van der Waals surface area contributed by atoms with Crippen molar-refractivity contribution in [2.24, 2.45) is 0 Å². The lowest BCUT2D eigenvalue weighted by atomic mass is 10.3. The molecule has 0 amide bonds. The van der Waals surface area contributed by atoms with Gasteiger partial charge in [-0.05, 0) is 6.07 Å². The van der Waals surface area contributed by atoms with E-state index in [1.165, 1.54) is 6.07 Å². The van der Waals surface area contributed by atoms with E-state index in [0.29, 0.717) is 10.0 Å². The van der Waals surface area contributed by atoms with Crippen LogP contribution in [0.1, 0.15) is 0 Å². The Bertz CT molecular complexity index is 272. The molecule has 0 spiro atoms. The van der Waals surface area contributed by atoms with Gasteiger partial charge in [-0.3, -0.25) is 0 Å². The Labute approximate surface area is 79.0 Å². The van der Waals surface area contributed by atoms with E-state index in [-0.39, 0.29) is 16.4 Å². The monoisotopic (exact) mass is 210 g/mol. The second-order valence-corrected chi connectivity index (χ2v) is 3.17. The average molecular weight is 211 g/mol. The fourth-order valence-electron chi connectivity index (χ4n) is 0.622. The molecule has 0 saturated heterocycles. The molecule has 5 heteroatoms. The normalized spacial score (nSPS) is 10.1. The molecular weight excluding hydrogens is 206 g/mol. The van der Waals surface area contributed by atoms with Crippen molar-refractivity contribution in [2.45, 2.75) is 0 Å². The van der Waals surface area contributed by atoms with Crippen molar-refractivity contribution in [3.63, 3.8) is 0 Å². The Kier molecular flexibility index (Phi) is 2.37. The van der Waals surface area contributed by atoms with Crippen molar-refractivity contribution in [3.05, 3.63) is 21.1 Å². The van der Waals surface area contributed by atoms with Gasteiger partial charge in [0.25, 0.3) is 0 Å². The summed E-state index contributed by atoms with van der Waals surface area (Å²) in [4.78, 5) is 0. The molecule has 0 fully saturated rings. The van der Waals surface area contributed by atoms with Gasteiger partial charge in [0.05, 0.1) is 26.4 Å². The van der Waals surface area contributed by atoms with Crippen LogP contribution in [0.2, 0.25) is 15.1 Å². The van der Waals surface area contributed by atoms with E-state index in [9.17, 15) is 0 Å². The smallest absolute Gasteiger partial charge is 0.0895 e. The maximum Gasteiger partial charge on any atom is 0.0895 e. The van der Waals surface area contributed by atoms with E-state index in [1.807, 2.05) is 0 Å². The van der Waals surface area contributed by atoms with Crippen LogP contribution in [0, 0.1) is 0 Å². The fraction of sp³-hybridized carbons (Fsp3) is 0. The second kappa shape index (κ2) is 2.97. The highest BCUT2D eigenvalue weighted by molar-refractivity contribution is 6.44. The molecule has 0 heterocycles. The Morgan fingerprint density at radius 2 is 1.27 bits per heavy atom. The first-order chi connectivity index (χ1) is 5.04. The molecule has 11 heavy (non-hydrogen) atoms. The summed E-state index contributed by atoms with van der Waals surface area (Å²) in [5.41, 5.74) is 11.4. The SMILES string of the molecule is Nc1c(Cl)cc(Cl)c(N)c1Cl.